The van der Waals surface area contributed by atoms with Crippen molar-refractivity contribution < 1.29 is 22.7 Å². The van der Waals surface area contributed by atoms with Gasteiger partial charge in [0.15, 0.2) is 0 Å². The fraction of sp³-hybridized carbons (Fsp3) is 0.190. The van der Waals surface area contributed by atoms with Gasteiger partial charge in [0.1, 0.15) is 4.88 Å². The van der Waals surface area contributed by atoms with Gasteiger partial charge < -0.3 is 4.74 Å². The van der Waals surface area contributed by atoms with Crippen molar-refractivity contribution in [3.63, 3.8) is 0 Å². The molecule has 27 heavy (non-hydrogen) atoms. The zero-order valence-corrected chi connectivity index (χ0v) is 15.6. The highest BCUT2D eigenvalue weighted by atomic mass is 32.1. The maximum absolute atomic E-state index is 12.8. The van der Waals surface area contributed by atoms with Crippen LogP contribution in [0.4, 0.5) is 13.2 Å². The van der Waals surface area contributed by atoms with Crippen molar-refractivity contribution >= 4 is 17.3 Å². The number of hydrogen-bond acceptors (Lipinski definition) is 3. The number of carbonyl (C=O) groups excluding carboxylic acids is 1. The Morgan fingerprint density at radius 3 is 2.15 bits per heavy atom. The van der Waals surface area contributed by atoms with Gasteiger partial charge in [0, 0.05) is 10.4 Å². The summed E-state index contributed by atoms with van der Waals surface area (Å²) in [6.45, 7) is 3.95. The first-order chi connectivity index (χ1) is 12.8. The van der Waals surface area contributed by atoms with Gasteiger partial charge in [-0.15, -0.1) is 11.3 Å². The lowest BCUT2D eigenvalue weighted by Gasteiger charge is -2.06. The van der Waals surface area contributed by atoms with E-state index < -0.39 is 17.7 Å². The van der Waals surface area contributed by atoms with Crippen LogP contribution in [0.5, 0.6) is 0 Å². The molecule has 1 heterocycles. The molecule has 0 amide bonds. The molecular weight excluding hydrogens is 373 g/mol. The molecule has 6 heteroatoms. The molecule has 0 atom stereocenters. The molecule has 0 N–H and O–H groups in total. The summed E-state index contributed by atoms with van der Waals surface area (Å²) >= 11 is 1.22. The molecule has 2 nitrogen and oxygen atoms in total. The molecule has 140 valence electrons. The molecule has 0 unspecified atom stereocenters. The number of rotatable bonds is 4. The van der Waals surface area contributed by atoms with E-state index in [1.807, 2.05) is 37.3 Å². The smallest absolute Gasteiger partial charge is 0.416 e. The van der Waals surface area contributed by atoms with E-state index in [9.17, 15) is 18.0 Å². The van der Waals surface area contributed by atoms with E-state index in [0.29, 0.717) is 20.9 Å². The van der Waals surface area contributed by atoms with Gasteiger partial charge in [0.2, 0.25) is 0 Å². The minimum absolute atomic E-state index is 0.250. The average molecular weight is 390 g/mol. The van der Waals surface area contributed by atoms with E-state index in [4.69, 9.17) is 4.74 Å². The molecule has 0 saturated heterocycles. The SMILES string of the molecule is CCOC(=O)c1sc(-c2ccc(C(F)(F)F)cc2)cc1-c1ccc(C)cc1. The number of esters is 1. The predicted molar refractivity (Wildman–Crippen MR) is 101 cm³/mol. The fourth-order valence-electron chi connectivity index (χ4n) is 2.65. The summed E-state index contributed by atoms with van der Waals surface area (Å²) in [5.41, 5.74) is 2.59. The van der Waals surface area contributed by atoms with Gasteiger partial charge in [0.25, 0.3) is 0 Å². The molecule has 0 aliphatic rings. The number of aryl methyl sites for hydroxylation is 1. The second-order valence-corrected chi connectivity index (χ2v) is 7.07. The Morgan fingerprint density at radius 1 is 1.00 bits per heavy atom. The molecule has 0 aliphatic carbocycles. The number of ether oxygens (including phenoxy) is 1. The fourth-order valence-corrected chi connectivity index (χ4v) is 3.73. The van der Waals surface area contributed by atoms with Crippen LogP contribution in [0.15, 0.2) is 54.6 Å². The molecule has 0 saturated carbocycles. The topological polar surface area (TPSA) is 26.3 Å². The van der Waals surface area contributed by atoms with Gasteiger partial charge in [-0.2, -0.15) is 13.2 Å². The summed E-state index contributed by atoms with van der Waals surface area (Å²) in [6, 6.07) is 14.5. The van der Waals surface area contributed by atoms with Crippen molar-refractivity contribution in [2.75, 3.05) is 6.61 Å². The maximum atomic E-state index is 12.8. The van der Waals surface area contributed by atoms with Crippen LogP contribution in [-0.2, 0) is 10.9 Å². The standard InChI is InChI=1S/C21H17F3O2S/c1-3-26-20(25)19-17(14-6-4-13(2)5-7-14)12-18(27-19)15-8-10-16(11-9-15)21(22,23)24/h4-12H,3H2,1-2H3. The summed E-state index contributed by atoms with van der Waals surface area (Å²) < 4.78 is 43.5. The molecule has 3 rings (SSSR count). The van der Waals surface area contributed by atoms with Crippen LogP contribution in [-0.4, -0.2) is 12.6 Å². The number of thiophene rings is 1. The highest BCUT2D eigenvalue weighted by molar-refractivity contribution is 7.17. The van der Waals surface area contributed by atoms with Crippen LogP contribution < -0.4 is 0 Å². The summed E-state index contributed by atoms with van der Waals surface area (Å²) in [6.07, 6.45) is -4.38. The molecule has 2 aromatic carbocycles. The largest absolute Gasteiger partial charge is 0.462 e. The van der Waals surface area contributed by atoms with E-state index in [-0.39, 0.29) is 6.61 Å². The van der Waals surface area contributed by atoms with Crippen molar-refractivity contribution in [2.24, 2.45) is 0 Å². The van der Waals surface area contributed by atoms with Crippen LogP contribution in [0.3, 0.4) is 0 Å². The Kier molecular flexibility index (Phi) is 5.37. The third-order valence-electron chi connectivity index (χ3n) is 4.05. The lowest BCUT2D eigenvalue weighted by Crippen LogP contribution is -2.03. The van der Waals surface area contributed by atoms with E-state index in [1.54, 1.807) is 6.92 Å². The lowest BCUT2D eigenvalue weighted by molar-refractivity contribution is -0.137. The van der Waals surface area contributed by atoms with Gasteiger partial charge >= 0.3 is 12.1 Å². The average Bonchev–Trinajstić information content (AvgIpc) is 3.07. The first-order valence-corrected chi connectivity index (χ1v) is 9.17. The van der Waals surface area contributed by atoms with Crippen LogP contribution in [0.1, 0.15) is 27.7 Å². The normalized spacial score (nSPS) is 11.4. The first-order valence-electron chi connectivity index (χ1n) is 8.35. The van der Waals surface area contributed by atoms with Gasteiger partial charge in [-0.3, -0.25) is 0 Å². The van der Waals surface area contributed by atoms with Crippen molar-refractivity contribution in [1.82, 2.24) is 0 Å². The third-order valence-corrected chi connectivity index (χ3v) is 5.22. The van der Waals surface area contributed by atoms with Crippen LogP contribution in [0, 0.1) is 6.92 Å². The Bertz CT molecular complexity index is 939. The Labute approximate surface area is 159 Å². The molecule has 3 aromatic rings. The van der Waals surface area contributed by atoms with Gasteiger partial charge in [0.05, 0.1) is 12.2 Å². The number of hydrogen-bond donors (Lipinski definition) is 0. The van der Waals surface area contributed by atoms with Crippen molar-refractivity contribution in [3.05, 3.63) is 70.6 Å². The first kappa shape index (κ1) is 19.2. The Balaban J connectivity index is 2.05. The van der Waals surface area contributed by atoms with Crippen LogP contribution in [0.25, 0.3) is 21.6 Å². The van der Waals surface area contributed by atoms with Crippen molar-refractivity contribution in [1.29, 1.82) is 0 Å². The lowest BCUT2D eigenvalue weighted by atomic mass is 10.0. The maximum Gasteiger partial charge on any atom is 0.416 e. The second kappa shape index (κ2) is 7.56. The monoisotopic (exact) mass is 390 g/mol. The van der Waals surface area contributed by atoms with Crippen LogP contribution in [0.2, 0.25) is 0 Å². The number of benzene rings is 2. The summed E-state index contributed by atoms with van der Waals surface area (Å²) in [5.74, 6) is -0.434. The quantitative estimate of drug-likeness (QED) is 0.470. The van der Waals surface area contributed by atoms with Crippen molar-refractivity contribution in [3.8, 4) is 21.6 Å². The second-order valence-electron chi connectivity index (χ2n) is 6.02. The third kappa shape index (κ3) is 4.22. The number of halogens is 3. The highest BCUT2D eigenvalue weighted by Crippen LogP contribution is 2.39. The molecule has 0 aliphatic heterocycles. The summed E-state index contributed by atoms with van der Waals surface area (Å²) in [5, 5.41) is 0. The minimum atomic E-state index is -4.38. The molecule has 0 radical (unpaired) electrons. The van der Waals surface area contributed by atoms with E-state index >= 15 is 0 Å². The molecular formula is C21H17F3O2S. The van der Waals surface area contributed by atoms with E-state index in [1.165, 1.54) is 23.5 Å². The van der Waals surface area contributed by atoms with Crippen molar-refractivity contribution in [2.45, 2.75) is 20.0 Å². The molecule has 0 spiro atoms. The zero-order valence-electron chi connectivity index (χ0n) is 14.8. The van der Waals surface area contributed by atoms with Gasteiger partial charge in [-0.05, 0) is 43.2 Å². The highest BCUT2D eigenvalue weighted by Gasteiger charge is 2.30. The van der Waals surface area contributed by atoms with Crippen LogP contribution >= 0.6 is 11.3 Å². The number of alkyl halides is 3. The summed E-state index contributed by atoms with van der Waals surface area (Å²) in [7, 11) is 0. The Hall–Kier alpha value is -2.60. The number of carbonyl (C=O) groups is 1. The molecule has 1 aromatic heterocycles. The minimum Gasteiger partial charge on any atom is -0.462 e. The predicted octanol–water partition coefficient (Wildman–Crippen LogP) is 6.59. The van der Waals surface area contributed by atoms with Gasteiger partial charge in [-0.25, -0.2) is 4.79 Å². The molecule has 0 bridgehead atoms. The van der Waals surface area contributed by atoms with E-state index in [0.717, 1.165) is 23.3 Å². The summed E-state index contributed by atoms with van der Waals surface area (Å²) in [4.78, 5) is 13.5. The van der Waals surface area contributed by atoms with E-state index in [2.05, 4.69) is 0 Å². The zero-order chi connectivity index (χ0) is 19.6. The Morgan fingerprint density at radius 2 is 1.59 bits per heavy atom. The molecule has 0 fully saturated rings. The van der Waals surface area contributed by atoms with Gasteiger partial charge in [-0.1, -0.05) is 42.0 Å².